The SMILES string of the molecule is NNC(=C1Nc2ccc([N+](=O)[O-])cc2N=C1[O-])C(O)c1ccc(Cl)c(Cl)c1. The highest BCUT2D eigenvalue weighted by atomic mass is 35.5. The summed E-state index contributed by atoms with van der Waals surface area (Å²) in [5.41, 5.74) is 2.75. The number of halogens is 2. The minimum Gasteiger partial charge on any atom is -0.857 e. The van der Waals surface area contributed by atoms with E-state index in [-0.39, 0.29) is 27.8 Å². The molecular formula is C16H12Cl2N5O4-. The van der Waals surface area contributed by atoms with Gasteiger partial charge in [0.15, 0.2) is 0 Å². The maximum Gasteiger partial charge on any atom is 0.271 e. The number of non-ortho nitro benzene ring substituents is 1. The molecule has 5 N–H and O–H groups in total. The van der Waals surface area contributed by atoms with Crippen molar-refractivity contribution in [2.75, 3.05) is 5.32 Å². The zero-order chi connectivity index (χ0) is 19.7. The molecular weight excluding hydrogens is 397 g/mol. The maximum atomic E-state index is 12.4. The number of aliphatic imine (C=N–C) groups is 1. The first-order valence-electron chi connectivity index (χ1n) is 7.47. The van der Waals surface area contributed by atoms with Crippen molar-refractivity contribution in [2.24, 2.45) is 10.8 Å². The molecule has 1 aliphatic heterocycles. The lowest BCUT2D eigenvalue weighted by Gasteiger charge is -2.28. The van der Waals surface area contributed by atoms with Crippen LogP contribution < -0.4 is 21.7 Å². The van der Waals surface area contributed by atoms with Gasteiger partial charge < -0.3 is 21.0 Å². The van der Waals surface area contributed by atoms with Crippen LogP contribution in [0.5, 0.6) is 0 Å². The van der Waals surface area contributed by atoms with E-state index in [2.05, 4.69) is 15.7 Å². The van der Waals surface area contributed by atoms with Crippen LogP contribution in [0.2, 0.25) is 10.0 Å². The normalized spacial score (nSPS) is 15.9. The van der Waals surface area contributed by atoms with Gasteiger partial charge in [-0.1, -0.05) is 29.3 Å². The average molecular weight is 409 g/mol. The Balaban J connectivity index is 2.03. The number of aliphatic hydroxyl groups is 1. The number of hydrogen-bond donors (Lipinski definition) is 4. The van der Waals surface area contributed by atoms with Crippen LogP contribution in [-0.4, -0.2) is 15.9 Å². The number of nitro groups is 1. The summed E-state index contributed by atoms with van der Waals surface area (Å²) in [6.45, 7) is 0. The third-order valence-electron chi connectivity index (χ3n) is 3.85. The zero-order valence-corrected chi connectivity index (χ0v) is 15.0. The van der Waals surface area contributed by atoms with Crippen LogP contribution in [0.3, 0.4) is 0 Å². The van der Waals surface area contributed by atoms with Crippen molar-refractivity contribution in [3.05, 3.63) is 73.5 Å². The van der Waals surface area contributed by atoms with Gasteiger partial charge in [-0.2, -0.15) is 0 Å². The van der Waals surface area contributed by atoms with E-state index in [4.69, 9.17) is 29.0 Å². The van der Waals surface area contributed by atoms with Crippen LogP contribution >= 0.6 is 23.2 Å². The molecule has 2 aromatic rings. The van der Waals surface area contributed by atoms with Crippen LogP contribution in [0.4, 0.5) is 17.1 Å². The summed E-state index contributed by atoms with van der Waals surface area (Å²) in [5.74, 6) is 4.75. The first-order chi connectivity index (χ1) is 12.8. The number of nitro benzene ring substituents is 1. The molecule has 1 atom stereocenters. The number of nitrogens with one attached hydrogen (secondary N) is 2. The van der Waals surface area contributed by atoms with Gasteiger partial charge in [0, 0.05) is 18.0 Å². The van der Waals surface area contributed by atoms with Crippen LogP contribution in [0.25, 0.3) is 0 Å². The molecule has 1 heterocycles. The van der Waals surface area contributed by atoms with E-state index in [1.54, 1.807) is 0 Å². The lowest BCUT2D eigenvalue weighted by atomic mass is 10.0. The number of anilines is 1. The molecule has 1 unspecified atom stereocenters. The molecule has 0 spiro atoms. The number of nitrogens with two attached hydrogens (primary N) is 1. The summed E-state index contributed by atoms with van der Waals surface area (Å²) in [6, 6.07) is 8.30. The van der Waals surface area contributed by atoms with Crippen molar-refractivity contribution in [1.29, 1.82) is 0 Å². The van der Waals surface area contributed by atoms with Crippen molar-refractivity contribution < 1.29 is 15.1 Å². The summed E-state index contributed by atoms with van der Waals surface area (Å²) in [4.78, 5) is 14.1. The van der Waals surface area contributed by atoms with Gasteiger partial charge in [0.1, 0.15) is 6.10 Å². The van der Waals surface area contributed by atoms with Crippen LogP contribution in [0.1, 0.15) is 11.7 Å². The van der Waals surface area contributed by atoms with E-state index >= 15 is 0 Å². The standard InChI is InChI=1S/C16H13Cl2N5O4/c17-9-3-1-7(5-10(9)18)15(24)13(22-19)14-16(25)21-12-6-8(23(26)27)2-4-11(12)20-14/h1-6,15,20,22,24H,19H2,(H,21,25)/p-1. The second-order valence-corrected chi connectivity index (χ2v) is 6.32. The topological polar surface area (TPSA) is 149 Å². The van der Waals surface area contributed by atoms with Gasteiger partial charge in [-0.3, -0.25) is 20.9 Å². The van der Waals surface area contributed by atoms with Crippen molar-refractivity contribution in [2.45, 2.75) is 6.10 Å². The Kier molecular flexibility index (Phi) is 5.19. The van der Waals surface area contributed by atoms with Crippen molar-refractivity contribution in [3.8, 4) is 0 Å². The molecule has 1 aliphatic rings. The van der Waals surface area contributed by atoms with E-state index in [1.807, 2.05) is 0 Å². The van der Waals surface area contributed by atoms with Crippen LogP contribution in [-0.2, 0) is 0 Å². The fraction of sp³-hybridized carbons (Fsp3) is 0.0625. The lowest BCUT2D eigenvalue weighted by Crippen LogP contribution is -2.36. The highest BCUT2D eigenvalue weighted by molar-refractivity contribution is 6.42. The molecule has 140 valence electrons. The molecule has 27 heavy (non-hydrogen) atoms. The number of rotatable bonds is 4. The monoisotopic (exact) mass is 408 g/mol. The highest BCUT2D eigenvalue weighted by Gasteiger charge is 2.23. The summed E-state index contributed by atoms with van der Waals surface area (Å²) in [7, 11) is 0. The predicted octanol–water partition coefficient (Wildman–Crippen LogP) is 2.13. The maximum absolute atomic E-state index is 12.4. The van der Waals surface area contributed by atoms with E-state index in [9.17, 15) is 20.3 Å². The first kappa shape index (κ1) is 18.9. The molecule has 0 fully saturated rings. The minimum atomic E-state index is -1.33. The second-order valence-electron chi connectivity index (χ2n) is 5.51. The van der Waals surface area contributed by atoms with Gasteiger partial charge in [0.2, 0.25) is 0 Å². The number of fused-ring (bicyclic) bond motifs is 1. The van der Waals surface area contributed by atoms with Crippen LogP contribution in [0, 0.1) is 10.1 Å². The van der Waals surface area contributed by atoms with Gasteiger partial charge in [-0.05, 0) is 23.8 Å². The number of hydrazine groups is 1. The number of nitrogens with zero attached hydrogens (tertiary/aromatic N) is 2. The fourth-order valence-corrected chi connectivity index (χ4v) is 2.81. The van der Waals surface area contributed by atoms with Crippen LogP contribution in [0.15, 0.2) is 52.8 Å². The average Bonchev–Trinajstić information content (AvgIpc) is 2.64. The Morgan fingerprint density at radius 1 is 1.26 bits per heavy atom. The summed E-state index contributed by atoms with van der Waals surface area (Å²) in [5, 5.41) is 37.2. The largest absolute Gasteiger partial charge is 0.857 e. The summed E-state index contributed by atoms with van der Waals surface area (Å²) >= 11 is 11.8. The molecule has 2 aromatic carbocycles. The Hall–Kier alpha value is -2.85. The Labute approximate surface area is 162 Å². The zero-order valence-electron chi connectivity index (χ0n) is 13.4. The molecule has 9 nitrogen and oxygen atoms in total. The summed E-state index contributed by atoms with van der Waals surface area (Å²) < 4.78 is 0. The predicted molar refractivity (Wildman–Crippen MR) is 99.6 cm³/mol. The van der Waals surface area contributed by atoms with E-state index in [0.29, 0.717) is 16.3 Å². The highest BCUT2D eigenvalue weighted by Crippen LogP contribution is 2.36. The van der Waals surface area contributed by atoms with Gasteiger partial charge in [-0.25, -0.2) is 0 Å². The second kappa shape index (κ2) is 7.41. The van der Waals surface area contributed by atoms with Crippen molar-refractivity contribution in [3.63, 3.8) is 0 Å². The Morgan fingerprint density at radius 3 is 2.63 bits per heavy atom. The van der Waals surface area contributed by atoms with Crippen molar-refractivity contribution >= 4 is 46.2 Å². The summed E-state index contributed by atoms with van der Waals surface area (Å²) in [6.07, 6.45) is -1.33. The van der Waals surface area contributed by atoms with E-state index in [0.717, 1.165) is 0 Å². The molecule has 0 amide bonds. The quantitative estimate of drug-likeness (QED) is 0.343. The Bertz CT molecular complexity index is 993. The molecule has 11 heteroatoms. The third-order valence-corrected chi connectivity index (χ3v) is 4.58. The van der Waals surface area contributed by atoms with Gasteiger partial charge in [-0.15, -0.1) is 0 Å². The van der Waals surface area contributed by atoms with E-state index in [1.165, 1.54) is 36.4 Å². The molecule has 0 aliphatic carbocycles. The van der Waals surface area contributed by atoms with Crippen molar-refractivity contribution in [1.82, 2.24) is 5.43 Å². The molecule has 0 radical (unpaired) electrons. The number of aliphatic hydroxyl groups excluding tert-OH is 1. The number of hydrogen-bond acceptors (Lipinski definition) is 8. The third kappa shape index (κ3) is 3.67. The Morgan fingerprint density at radius 2 is 2.00 bits per heavy atom. The molecule has 0 bridgehead atoms. The lowest BCUT2D eigenvalue weighted by molar-refractivity contribution is -0.384. The first-order valence-corrected chi connectivity index (χ1v) is 8.22. The van der Waals surface area contributed by atoms with Gasteiger partial charge in [0.05, 0.1) is 37.7 Å². The molecule has 3 rings (SSSR count). The minimum absolute atomic E-state index is 0.0499. The van der Waals surface area contributed by atoms with Gasteiger partial charge in [0.25, 0.3) is 5.69 Å². The molecule has 0 aromatic heterocycles. The molecule has 0 saturated carbocycles. The smallest absolute Gasteiger partial charge is 0.271 e. The van der Waals surface area contributed by atoms with Gasteiger partial charge >= 0.3 is 0 Å². The van der Waals surface area contributed by atoms with E-state index < -0.39 is 16.9 Å². The number of benzene rings is 2. The molecule has 0 saturated heterocycles. The fourth-order valence-electron chi connectivity index (χ4n) is 2.50.